The average molecular weight is 377 g/mol. The second-order valence-corrected chi connectivity index (χ2v) is 7.75. The molecule has 0 aliphatic carbocycles. The minimum absolute atomic E-state index is 0.275. The van der Waals surface area contributed by atoms with Crippen molar-refractivity contribution in [3.63, 3.8) is 0 Å². The van der Waals surface area contributed by atoms with Crippen LogP contribution in [-0.2, 0) is 11.3 Å². The van der Waals surface area contributed by atoms with E-state index in [2.05, 4.69) is 36.2 Å². The molecule has 0 saturated carbocycles. The van der Waals surface area contributed by atoms with Crippen molar-refractivity contribution < 1.29 is 9.21 Å². The highest BCUT2D eigenvalue weighted by Crippen LogP contribution is 2.29. The highest BCUT2D eigenvalue weighted by Gasteiger charge is 2.29. The molecule has 1 aliphatic heterocycles. The Morgan fingerprint density at radius 2 is 2.00 bits per heavy atom. The fourth-order valence-electron chi connectivity index (χ4n) is 4.14. The van der Waals surface area contributed by atoms with Gasteiger partial charge in [0.05, 0.1) is 5.69 Å². The molecule has 4 rings (SSSR count). The van der Waals surface area contributed by atoms with Crippen molar-refractivity contribution >= 4 is 16.7 Å². The molecule has 1 fully saturated rings. The molecular formula is C23H27N3O2. The van der Waals surface area contributed by atoms with Crippen molar-refractivity contribution in [1.82, 2.24) is 14.8 Å². The molecule has 5 heteroatoms. The first-order chi connectivity index (χ1) is 13.5. The number of aromatic nitrogens is 1. The van der Waals surface area contributed by atoms with Crippen LogP contribution in [0.25, 0.3) is 22.2 Å². The van der Waals surface area contributed by atoms with Crippen molar-refractivity contribution in [2.24, 2.45) is 5.92 Å². The maximum atomic E-state index is 12.0. The van der Waals surface area contributed by atoms with E-state index in [-0.39, 0.29) is 5.91 Å². The smallest absolute Gasteiger partial charge is 0.227 e. The highest BCUT2D eigenvalue weighted by molar-refractivity contribution is 5.94. The van der Waals surface area contributed by atoms with E-state index in [0.29, 0.717) is 18.2 Å². The lowest BCUT2D eigenvalue weighted by Gasteiger charge is -2.20. The molecule has 2 aromatic carbocycles. The van der Waals surface area contributed by atoms with E-state index in [9.17, 15) is 4.79 Å². The molecule has 1 aliphatic rings. The SMILES string of the molecule is CCN1CC(CN(C)Cc2nc(-c3cccc4ccccc34)oc2C)CC1=O. The van der Waals surface area contributed by atoms with Gasteiger partial charge in [-0.25, -0.2) is 4.98 Å². The van der Waals surface area contributed by atoms with Gasteiger partial charge in [-0.3, -0.25) is 4.79 Å². The van der Waals surface area contributed by atoms with Gasteiger partial charge in [0, 0.05) is 38.2 Å². The van der Waals surface area contributed by atoms with Crippen LogP contribution in [0.15, 0.2) is 46.9 Å². The molecule has 1 unspecified atom stereocenters. The fraction of sp³-hybridized carbons (Fsp3) is 0.391. The summed E-state index contributed by atoms with van der Waals surface area (Å²) in [5.74, 6) is 2.19. The number of hydrogen-bond donors (Lipinski definition) is 0. The number of amides is 1. The number of aryl methyl sites for hydroxylation is 1. The zero-order valence-electron chi connectivity index (χ0n) is 16.8. The van der Waals surface area contributed by atoms with Crippen LogP contribution in [0.1, 0.15) is 24.8 Å². The third-order valence-electron chi connectivity index (χ3n) is 5.58. The average Bonchev–Trinajstić information content (AvgIpc) is 3.23. The molecule has 0 bridgehead atoms. The number of carbonyl (C=O) groups is 1. The highest BCUT2D eigenvalue weighted by atomic mass is 16.4. The number of hydrogen-bond acceptors (Lipinski definition) is 4. The Kier molecular flexibility index (Phi) is 5.18. The molecule has 0 spiro atoms. The molecule has 1 amide bonds. The van der Waals surface area contributed by atoms with Crippen molar-refractivity contribution in [2.75, 3.05) is 26.7 Å². The monoisotopic (exact) mass is 377 g/mol. The van der Waals surface area contributed by atoms with Crippen molar-refractivity contribution in [1.29, 1.82) is 0 Å². The van der Waals surface area contributed by atoms with Crippen LogP contribution in [0.2, 0.25) is 0 Å². The Balaban J connectivity index is 1.50. The van der Waals surface area contributed by atoms with Crippen LogP contribution in [0.5, 0.6) is 0 Å². The maximum Gasteiger partial charge on any atom is 0.227 e. The molecule has 1 aromatic heterocycles. The second kappa shape index (κ2) is 7.76. The van der Waals surface area contributed by atoms with E-state index in [1.165, 1.54) is 5.39 Å². The van der Waals surface area contributed by atoms with Crippen LogP contribution in [-0.4, -0.2) is 47.4 Å². The normalized spacial score (nSPS) is 17.2. The number of rotatable bonds is 6. The second-order valence-electron chi connectivity index (χ2n) is 7.75. The van der Waals surface area contributed by atoms with Gasteiger partial charge in [-0.05, 0) is 43.7 Å². The van der Waals surface area contributed by atoms with E-state index in [1.807, 2.05) is 36.9 Å². The van der Waals surface area contributed by atoms with Gasteiger partial charge < -0.3 is 14.2 Å². The standard InChI is InChI=1S/C23H27N3O2/c1-4-26-14-17(12-22(26)27)13-25(3)15-21-16(2)28-23(24-21)20-11-7-9-18-8-5-6-10-19(18)20/h5-11,17H,4,12-15H2,1-3H3. The van der Waals surface area contributed by atoms with Gasteiger partial charge >= 0.3 is 0 Å². The fourth-order valence-corrected chi connectivity index (χ4v) is 4.14. The number of benzene rings is 2. The Morgan fingerprint density at radius 1 is 1.21 bits per heavy atom. The Labute approximate surface area is 166 Å². The Bertz CT molecular complexity index is 989. The van der Waals surface area contributed by atoms with Crippen molar-refractivity contribution in [2.45, 2.75) is 26.8 Å². The summed E-state index contributed by atoms with van der Waals surface area (Å²) in [7, 11) is 2.09. The quantitative estimate of drug-likeness (QED) is 0.649. The van der Waals surface area contributed by atoms with Gasteiger partial charge in [0.2, 0.25) is 11.8 Å². The van der Waals surface area contributed by atoms with Crippen molar-refractivity contribution in [3.05, 3.63) is 53.9 Å². The first kappa shape index (κ1) is 18.7. The van der Waals surface area contributed by atoms with Crippen LogP contribution in [0.4, 0.5) is 0 Å². The van der Waals surface area contributed by atoms with Gasteiger partial charge in [-0.2, -0.15) is 0 Å². The minimum atomic E-state index is 0.275. The molecule has 1 saturated heterocycles. The largest absolute Gasteiger partial charge is 0.441 e. The summed E-state index contributed by atoms with van der Waals surface area (Å²) < 4.78 is 6.03. The summed E-state index contributed by atoms with van der Waals surface area (Å²) in [6.07, 6.45) is 0.650. The van der Waals surface area contributed by atoms with Gasteiger partial charge in [0.15, 0.2) is 0 Å². The van der Waals surface area contributed by atoms with Gasteiger partial charge in [0.1, 0.15) is 5.76 Å². The molecule has 28 heavy (non-hydrogen) atoms. The first-order valence-electron chi connectivity index (χ1n) is 9.96. The molecule has 5 nitrogen and oxygen atoms in total. The summed E-state index contributed by atoms with van der Waals surface area (Å²) in [5, 5.41) is 2.33. The third-order valence-corrected chi connectivity index (χ3v) is 5.58. The topological polar surface area (TPSA) is 49.6 Å². The number of carbonyl (C=O) groups excluding carboxylic acids is 1. The summed E-state index contributed by atoms with van der Waals surface area (Å²) in [5.41, 5.74) is 1.98. The molecule has 2 heterocycles. The zero-order valence-corrected chi connectivity index (χ0v) is 16.8. The molecule has 0 N–H and O–H groups in total. The molecule has 3 aromatic rings. The van der Waals surface area contributed by atoms with E-state index >= 15 is 0 Å². The summed E-state index contributed by atoms with van der Waals surface area (Å²) in [6.45, 7) is 7.28. The van der Waals surface area contributed by atoms with Gasteiger partial charge in [-0.15, -0.1) is 0 Å². The number of nitrogens with zero attached hydrogens (tertiary/aromatic N) is 3. The van der Waals surface area contributed by atoms with E-state index in [1.54, 1.807) is 0 Å². The summed E-state index contributed by atoms with van der Waals surface area (Å²) >= 11 is 0. The number of fused-ring (bicyclic) bond motifs is 1. The molecule has 0 radical (unpaired) electrons. The summed E-state index contributed by atoms with van der Waals surface area (Å²) in [6, 6.07) is 14.5. The van der Waals surface area contributed by atoms with Crippen LogP contribution in [0.3, 0.4) is 0 Å². The Hall–Kier alpha value is -2.66. The predicted molar refractivity (Wildman–Crippen MR) is 111 cm³/mol. The molecule has 1 atom stereocenters. The van der Waals surface area contributed by atoms with E-state index < -0.39 is 0 Å². The number of likely N-dealkylation sites (tertiary alicyclic amines) is 1. The lowest BCUT2D eigenvalue weighted by atomic mass is 10.0. The van der Waals surface area contributed by atoms with Crippen molar-refractivity contribution in [3.8, 4) is 11.5 Å². The van der Waals surface area contributed by atoms with Gasteiger partial charge in [-0.1, -0.05) is 36.4 Å². The summed E-state index contributed by atoms with van der Waals surface area (Å²) in [4.78, 5) is 20.9. The van der Waals surface area contributed by atoms with Gasteiger partial charge in [0.25, 0.3) is 0 Å². The predicted octanol–water partition coefficient (Wildman–Crippen LogP) is 4.10. The maximum absolute atomic E-state index is 12.0. The zero-order chi connectivity index (χ0) is 19.7. The number of oxazole rings is 1. The third kappa shape index (κ3) is 3.67. The Morgan fingerprint density at radius 3 is 2.79 bits per heavy atom. The lowest BCUT2D eigenvalue weighted by Crippen LogP contribution is -2.28. The lowest BCUT2D eigenvalue weighted by molar-refractivity contribution is -0.127. The molecular weight excluding hydrogens is 350 g/mol. The van der Waals surface area contributed by atoms with E-state index in [4.69, 9.17) is 9.40 Å². The van der Waals surface area contributed by atoms with Crippen LogP contribution >= 0.6 is 0 Å². The van der Waals surface area contributed by atoms with E-state index in [0.717, 1.165) is 48.6 Å². The first-order valence-corrected chi connectivity index (χ1v) is 9.96. The minimum Gasteiger partial charge on any atom is -0.441 e. The van der Waals surface area contributed by atoms with Crippen LogP contribution < -0.4 is 0 Å². The molecule has 146 valence electrons. The van der Waals surface area contributed by atoms with Crippen LogP contribution in [0, 0.1) is 12.8 Å².